The predicted molar refractivity (Wildman–Crippen MR) is 106 cm³/mol. The highest BCUT2D eigenvalue weighted by atomic mass is 35.5. The Labute approximate surface area is 175 Å². The smallest absolute Gasteiger partial charge is 0.312 e. The number of fused-ring (bicyclic) bond motifs is 1. The Morgan fingerprint density at radius 2 is 1.93 bits per heavy atom. The van der Waals surface area contributed by atoms with Crippen LogP contribution in [0.15, 0.2) is 18.2 Å². The number of carbonyl (C=O) groups excluding carboxylic acids is 2. The van der Waals surface area contributed by atoms with Crippen molar-refractivity contribution in [1.82, 2.24) is 5.32 Å². The second-order valence-corrected chi connectivity index (χ2v) is 10.1. The van der Waals surface area contributed by atoms with Crippen molar-refractivity contribution in [1.29, 1.82) is 0 Å². The molecule has 5 aliphatic rings. The Kier molecular flexibility index (Phi) is 4.46. The highest BCUT2D eigenvalue weighted by molar-refractivity contribution is 6.24. The highest BCUT2D eigenvalue weighted by Crippen LogP contribution is 2.64. The van der Waals surface area contributed by atoms with Crippen LogP contribution in [-0.4, -0.2) is 29.6 Å². The lowest BCUT2D eigenvalue weighted by Crippen LogP contribution is -2.57. The first kappa shape index (κ1) is 19.0. The average Bonchev–Trinajstić information content (AvgIpc) is 3.11. The van der Waals surface area contributed by atoms with Gasteiger partial charge in [-0.25, -0.2) is 0 Å². The Balaban J connectivity index is 1.18. The van der Waals surface area contributed by atoms with Crippen molar-refractivity contribution >= 4 is 23.5 Å². The van der Waals surface area contributed by atoms with Crippen LogP contribution in [0.2, 0.25) is 0 Å². The van der Waals surface area contributed by atoms with Crippen molar-refractivity contribution in [2.75, 3.05) is 6.79 Å². The van der Waals surface area contributed by atoms with Crippen molar-refractivity contribution in [2.45, 2.75) is 63.0 Å². The number of hydrogen-bond acceptors (Lipinski definition) is 5. The van der Waals surface area contributed by atoms with Gasteiger partial charge in [0.1, 0.15) is 0 Å². The third kappa shape index (κ3) is 3.45. The van der Waals surface area contributed by atoms with E-state index in [9.17, 15) is 9.59 Å². The maximum atomic E-state index is 13.1. The van der Waals surface area contributed by atoms with E-state index in [-0.39, 0.29) is 23.5 Å². The van der Waals surface area contributed by atoms with E-state index in [0.29, 0.717) is 36.3 Å². The fourth-order valence-electron chi connectivity index (χ4n) is 6.11. The molecular formula is C22H26ClNO5. The molecule has 4 saturated carbocycles. The van der Waals surface area contributed by atoms with Gasteiger partial charge in [0.2, 0.25) is 6.79 Å². The van der Waals surface area contributed by atoms with Crippen LogP contribution in [0.4, 0.5) is 0 Å². The molecule has 156 valence electrons. The summed E-state index contributed by atoms with van der Waals surface area (Å²) < 4.78 is 16.3. The van der Waals surface area contributed by atoms with Gasteiger partial charge >= 0.3 is 5.97 Å². The Morgan fingerprint density at radius 1 is 1.21 bits per heavy atom. The third-order valence-corrected chi connectivity index (χ3v) is 7.42. The van der Waals surface area contributed by atoms with E-state index in [1.54, 1.807) is 6.92 Å². The normalized spacial score (nSPS) is 34.7. The lowest BCUT2D eigenvalue weighted by Gasteiger charge is -2.58. The summed E-state index contributed by atoms with van der Waals surface area (Å²) in [5.41, 5.74) is 0.392. The van der Waals surface area contributed by atoms with Crippen molar-refractivity contribution < 1.29 is 23.8 Å². The van der Waals surface area contributed by atoms with Gasteiger partial charge in [0.15, 0.2) is 17.6 Å². The average molecular weight is 420 g/mol. The number of ether oxygens (including phenoxy) is 3. The summed E-state index contributed by atoms with van der Waals surface area (Å²) in [6.45, 7) is 2.17. The van der Waals surface area contributed by atoms with E-state index in [1.165, 1.54) is 6.42 Å². The van der Waals surface area contributed by atoms with E-state index in [0.717, 1.165) is 31.2 Å². The molecule has 2 unspecified atom stereocenters. The Bertz CT molecular complexity index is 842. The molecule has 6 rings (SSSR count). The number of nitrogens with one attached hydrogen (secondary N) is 1. The minimum absolute atomic E-state index is 0.213. The number of benzene rings is 1. The van der Waals surface area contributed by atoms with Gasteiger partial charge in [0, 0.05) is 11.4 Å². The minimum atomic E-state index is -0.837. The molecule has 1 heterocycles. The Hall–Kier alpha value is -1.95. The van der Waals surface area contributed by atoms with Crippen LogP contribution in [0.5, 0.6) is 11.5 Å². The topological polar surface area (TPSA) is 73.9 Å². The van der Waals surface area contributed by atoms with Crippen molar-refractivity contribution in [3.8, 4) is 11.5 Å². The summed E-state index contributed by atoms with van der Waals surface area (Å²) in [5, 5.41) is 2.84. The summed E-state index contributed by atoms with van der Waals surface area (Å²) in [6.07, 6.45) is 4.73. The minimum Gasteiger partial charge on any atom is -0.454 e. The zero-order valence-electron chi connectivity index (χ0n) is 16.5. The first-order valence-corrected chi connectivity index (χ1v) is 10.8. The van der Waals surface area contributed by atoms with Crippen LogP contribution in [0, 0.1) is 17.3 Å². The van der Waals surface area contributed by atoms with E-state index in [1.807, 2.05) is 18.2 Å². The molecule has 7 heteroatoms. The molecule has 0 radical (unpaired) electrons. The Morgan fingerprint density at radius 3 is 2.66 bits per heavy atom. The van der Waals surface area contributed by atoms with Gasteiger partial charge in [-0.15, -0.1) is 11.6 Å². The molecule has 1 N–H and O–H groups in total. The summed E-state index contributed by atoms with van der Waals surface area (Å²) in [6, 6.07) is 5.54. The van der Waals surface area contributed by atoms with Gasteiger partial charge in [-0.05, 0) is 75.0 Å². The molecule has 1 aromatic rings. The molecule has 4 bridgehead atoms. The summed E-state index contributed by atoms with van der Waals surface area (Å²) in [5.74, 6) is 1.85. The van der Waals surface area contributed by atoms with Gasteiger partial charge < -0.3 is 19.5 Å². The first-order valence-electron chi connectivity index (χ1n) is 10.4. The van der Waals surface area contributed by atoms with Gasteiger partial charge in [-0.3, -0.25) is 9.59 Å². The number of carbonyl (C=O) groups is 2. The van der Waals surface area contributed by atoms with Crippen molar-refractivity contribution in [2.24, 2.45) is 17.3 Å². The van der Waals surface area contributed by atoms with Gasteiger partial charge in [-0.1, -0.05) is 6.07 Å². The number of esters is 1. The summed E-state index contributed by atoms with van der Waals surface area (Å²) >= 11 is 6.82. The zero-order chi connectivity index (χ0) is 20.2. The van der Waals surface area contributed by atoms with E-state index in [4.69, 9.17) is 25.8 Å². The molecule has 1 aromatic carbocycles. The molecule has 1 amide bonds. The maximum Gasteiger partial charge on any atom is 0.312 e. The molecule has 0 aromatic heterocycles. The van der Waals surface area contributed by atoms with E-state index < -0.39 is 11.5 Å². The van der Waals surface area contributed by atoms with Crippen LogP contribution in [0.3, 0.4) is 0 Å². The summed E-state index contributed by atoms with van der Waals surface area (Å²) in [7, 11) is 0. The number of alkyl halides is 1. The quantitative estimate of drug-likeness (QED) is 0.583. The van der Waals surface area contributed by atoms with Gasteiger partial charge in [0.25, 0.3) is 5.91 Å². The first-order chi connectivity index (χ1) is 13.8. The van der Waals surface area contributed by atoms with Crippen LogP contribution >= 0.6 is 11.6 Å². The molecule has 1 aliphatic heterocycles. The predicted octanol–water partition coefficient (Wildman–Crippen LogP) is 3.54. The number of amides is 1. The van der Waals surface area contributed by atoms with E-state index in [2.05, 4.69) is 5.32 Å². The van der Waals surface area contributed by atoms with Crippen LogP contribution in [0.1, 0.15) is 51.0 Å². The number of hydrogen-bond donors (Lipinski definition) is 1. The fraction of sp³-hybridized carbons (Fsp3) is 0.636. The zero-order valence-corrected chi connectivity index (χ0v) is 17.3. The largest absolute Gasteiger partial charge is 0.454 e. The fourth-order valence-corrected chi connectivity index (χ4v) is 6.80. The molecule has 6 nitrogen and oxygen atoms in total. The second kappa shape index (κ2) is 6.79. The SMILES string of the molecule is C[C@@H](OC(=O)C12C[C@@H]3C[C@@H](CC(Cl)(C3)C1)C2)C(=O)NCc1ccc2c(c1)OCO2. The number of halogens is 1. The van der Waals surface area contributed by atoms with Gasteiger partial charge in [-0.2, -0.15) is 0 Å². The molecular weight excluding hydrogens is 394 g/mol. The summed E-state index contributed by atoms with van der Waals surface area (Å²) in [4.78, 5) is 25.3. The van der Waals surface area contributed by atoms with Crippen LogP contribution in [-0.2, 0) is 20.9 Å². The van der Waals surface area contributed by atoms with Crippen molar-refractivity contribution in [3.63, 3.8) is 0 Å². The molecule has 0 saturated heterocycles. The third-order valence-electron chi connectivity index (χ3n) is 6.98. The lowest BCUT2D eigenvalue weighted by atomic mass is 9.49. The molecule has 5 atom stereocenters. The maximum absolute atomic E-state index is 13.1. The molecule has 0 spiro atoms. The van der Waals surface area contributed by atoms with Crippen LogP contribution < -0.4 is 14.8 Å². The highest BCUT2D eigenvalue weighted by Gasteiger charge is 2.61. The van der Waals surface area contributed by atoms with Gasteiger partial charge in [0.05, 0.1) is 5.41 Å². The standard InChI is InChI=1S/C22H26ClNO5/c1-13(19(25)24-10-14-2-3-17-18(5-14)28-12-27-17)29-20(26)21-6-15-4-16(7-21)9-22(23,8-15)11-21/h2-3,5,13,15-16H,4,6-12H2,1H3,(H,24,25)/t13-,15-,16+,21?,22?/m1/s1. The van der Waals surface area contributed by atoms with Crippen LogP contribution in [0.25, 0.3) is 0 Å². The second-order valence-electron chi connectivity index (χ2n) is 9.35. The van der Waals surface area contributed by atoms with E-state index >= 15 is 0 Å². The molecule has 4 aliphatic carbocycles. The molecule has 4 fully saturated rings. The number of rotatable bonds is 5. The van der Waals surface area contributed by atoms with Crippen molar-refractivity contribution in [3.05, 3.63) is 23.8 Å². The monoisotopic (exact) mass is 419 g/mol. The molecule has 29 heavy (non-hydrogen) atoms. The lowest BCUT2D eigenvalue weighted by molar-refractivity contribution is -0.177.